The van der Waals surface area contributed by atoms with Crippen LogP contribution in [-0.4, -0.2) is 10.9 Å². The van der Waals surface area contributed by atoms with E-state index in [1.54, 1.807) is 13.1 Å². The number of nitrogens with zero attached hydrogens (tertiary/aromatic N) is 1. The maximum absolute atomic E-state index is 10.7. The zero-order chi connectivity index (χ0) is 11.5. The van der Waals surface area contributed by atoms with Crippen molar-refractivity contribution in [3.05, 3.63) is 42.7 Å². The first kappa shape index (κ1) is 12.9. The molecule has 1 aromatic rings. The Morgan fingerprint density at radius 1 is 1.73 bits per heavy atom. The van der Waals surface area contributed by atoms with E-state index in [0.717, 1.165) is 5.69 Å². The van der Waals surface area contributed by atoms with E-state index in [2.05, 4.69) is 29.2 Å². The molecule has 0 saturated heterocycles. The Kier molecular flexibility index (Phi) is 7.33. The number of carbonyl (C=O) groups excluding carboxylic acids is 1. The van der Waals surface area contributed by atoms with E-state index in [0.29, 0.717) is 6.54 Å². The average Bonchev–Trinajstić information content (AvgIpc) is 2.28. The molecular formula is C12H14N2O. The van der Waals surface area contributed by atoms with Gasteiger partial charge >= 0.3 is 0 Å². The van der Waals surface area contributed by atoms with E-state index >= 15 is 0 Å². The number of carbonyl (C=O) groups is 1. The van der Waals surface area contributed by atoms with Crippen LogP contribution in [0.1, 0.15) is 12.6 Å². The van der Waals surface area contributed by atoms with Crippen molar-refractivity contribution in [1.82, 2.24) is 10.3 Å². The molecule has 1 aromatic heterocycles. The summed E-state index contributed by atoms with van der Waals surface area (Å²) < 4.78 is 0. The third-order valence-electron chi connectivity index (χ3n) is 1.36. The van der Waals surface area contributed by atoms with Crippen molar-refractivity contribution in [3.63, 3.8) is 0 Å². The van der Waals surface area contributed by atoms with Gasteiger partial charge in [-0.1, -0.05) is 12.6 Å². The number of terminal acetylenes is 1. The molecule has 0 aliphatic carbocycles. The fraction of sp³-hybridized carbons (Fsp3) is 0.167. The van der Waals surface area contributed by atoms with E-state index in [-0.39, 0.29) is 5.91 Å². The zero-order valence-electron chi connectivity index (χ0n) is 8.73. The molecular weight excluding hydrogens is 188 g/mol. The molecule has 0 fully saturated rings. The van der Waals surface area contributed by atoms with E-state index in [1.807, 2.05) is 18.2 Å². The Morgan fingerprint density at radius 2 is 2.40 bits per heavy atom. The summed E-state index contributed by atoms with van der Waals surface area (Å²) in [5.41, 5.74) is 0.840. The van der Waals surface area contributed by atoms with E-state index < -0.39 is 0 Å². The summed E-state index contributed by atoms with van der Waals surface area (Å²) in [6.07, 6.45) is 7.53. The highest BCUT2D eigenvalue weighted by Crippen LogP contribution is 1.91. The van der Waals surface area contributed by atoms with Gasteiger partial charge in [-0.05, 0) is 25.1 Å². The molecule has 0 radical (unpaired) electrons. The highest BCUT2D eigenvalue weighted by Gasteiger charge is 1.94. The largest absolute Gasteiger partial charge is 0.347 e. The molecule has 3 nitrogen and oxygen atoms in total. The number of amides is 1. The standard InChI is InChI=1S/C9H10N2O.C3H4/c1-2-9(12)11-7-8-5-3-4-6-10-8;1-3-2/h2-6H,1,7H2,(H,11,12);1H,2H3. The van der Waals surface area contributed by atoms with Gasteiger partial charge in [-0.3, -0.25) is 9.78 Å². The van der Waals surface area contributed by atoms with Crippen LogP contribution in [0.25, 0.3) is 0 Å². The van der Waals surface area contributed by atoms with Crippen molar-refractivity contribution in [1.29, 1.82) is 0 Å². The van der Waals surface area contributed by atoms with Crippen molar-refractivity contribution < 1.29 is 4.79 Å². The van der Waals surface area contributed by atoms with Crippen LogP contribution in [0.2, 0.25) is 0 Å². The van der Waals surface area contributed by atoms with Gasteiger partial charge in [0.25, 0.3) is 0 Å². The Hall–Kier alpha value is -2.08. The molecule has 0 aromatic carbocycles. The molecule has 0 unspecified atom stereocenters. The lowest BCUT2D eigenvalue weighted by atomic mass is 10.3. The third-order valence-corrected chi connectivity index (χ3v) is 1.36. The van der Waals surface area contributed by atoms with Crippen LogP contribution < -0.4 is 5.32 Å². The molecule has 3 heteroatoms. The van der Waals surface area contributed by atoms with Crippen LogP contribution in [-0.2, 0) is 11.3 Å². The topological polar surface area (TPSA) is 42.0 Å². The molecule has 15 heavy (non-hydrogen) atoms. The Balaban J connectivity index is 0.000000583. The van der Waals surface area contributed by atoms with E-state index in [4.69, 9.17) is 0 Å². The van der Waals surface area contributed by atoms with Crippen molar-refractivity contribution >= 4 is 5.91 Å². The maximum atomic E-state index is 10.7. The SMILES string of the molecule is C#CC.C=CC(=O)NCc1ccccn1. The number of hydrogen-bond acceptors (Lipinski definition) is 2. The summed E-state index contributed by atoms with van der Waals surface area (Å²) in [6, 6.07) is 5.56. The van der Waals surface area contributed by atoms with Crippen LogP contribution in [0.4, 0.5) is 0 Å². The fourth-order valence-electron chi connectivity index (χ4n) is 0.753. The van der Waals surface area contributed by atoms with Crippen molar-refractivity contribution in [2.45, 2.75) is 13.5 Å². The average molecular weight is 202 g/mol. The highest BCUT2D eigenvalue weighted by molar-refractivity contribution is 5.86. The molecule has 0 bridgehead atoms. The summed E-state index contributed by atoms with van der Waals surface area (Å²) in [6.45, 7) is 5.44. The molecule has 0 saturated carbocycles. The lowest BCUT2D eigenvalue weighted by Gasteiger charge is -1.99. The summed E-state index contributed by atoms with van der Waals surface area (Å²) in [5, 5.41) is 2.63. The van der Waals surface area contributed by atoms with Gasteiger partial charge in [0.15, 0.2) is 0 Å². The molecule has 1 amide bonds. The highest BCUT2D eigenvalue weighted by atomic mass is 16.1. The molecule has 1 heterocycles. The molecule has 0 spiro atoms. The van der Waals surface area contributed by atoms with Gasteiger partial charge in [0.2, 0.25) is 5.91 Å². The minimum absolute atomic E-state index is 0.180. The second-order valence-electron chi connectivity index (χ2n) is 2.53. The van der Waals surface area contributed by atoms with Gasteiger partial charge in [0.05, 0.1) is 12.2 Å². The normalized spacial score (nSPS) is 7.73. The molecule has 1 N–H and O–H groups in total. The van der Waals surface area contributed by atoms with Gasteiger partial charge in [0.1, 0.15) is 0 Å². The summed E-state index contributed by atoms with van der Waals surface area (Å²) >= 11 is 0. The van der Waals surface area contributed by atoms with E-state index in [9.17, 15) is 4.79 Å². The maximum Gasteiger partial charge on any atom is 0.243 e. The van der Waals surface area contributed by atoms with Gasteiger partial charge in [-0.15, -0.1) is 12.3 Å². The predicted molar refractivity (Wildman–Crippen MR) is 60.8 cm³/mol. The van der Waals surface area contributed by atoms with Gasteiger partial charge < -0.3 is 5.32 Å². The second-order valence-corrected chi connectivity index (χ2v) is 2.53. The first-order valence-electron chi connectivity index (χ1n) is 4.42. The monoisotopic (exact) mass is 202 g/mol. The number of nitrogens with one attached hydrogen (secondary N) is 1. The second kappa shape index (κ2) is 8.52. The number of rotatable bonds is 3. The predicted octanol–water partition coefficient (Wildman–Crippen LogP) is 1.52. The molecule has 0 atom stereocenters. The zero-order valence-corrected chi connectivity index (χ0v) is 8.73. The van der Waals surface area contributed by atoms with Crippen molar-refractivity contribution in [2.75, 3.05) is 0 Å². The smallest absolute Gasteiger partial charge is 0.243 e. The summed E-state index contributed by atoms with van der Waals surface area (Å²) in [4.78, 5) is 14.8. The van der Waals surface area contributed by atoms with Gasteiger partial charge in [-0.25, -0.2) is 0 Å². The third kappa shape index (κ3) is 7.03. The van der Waals surface area contributed by atoms with Crippen LogP contribution in [0, 0.1) is 12.3 Å². The molecule has 0 aliphatic heterocycles. The number of aromatic nitrogens is 1. The molecule has 1 rings (SSSR count). The molecule has 78 valence electrons. The molecule has 0 aliphatic rings. The Labute approximate surface area is 90.2 Å². The van der Waals surface area contributed by atoms with Crippen LogP contribution >= 0.6 is 0 Å². The number of hydrogen-bond donors (Lipinski definition) is 1. The van der Waals surface area contributed by atoms with Crippen molar-refractivity contribution in [3.8, 4) is 12.3 Å². The van der Waals surface area contributed by atoms with Crippen LogP contribution in [0.3, 0.4) is 0 Å². The Morgan fingerprint density at radius 3 is 2.87 bits per heavy atom. The van der Waals surface area contributed by atoms with Gasteiger partial charge in [0, 0.05) is 6.20 Å². The van der Waals surface area contributed by atoms with Crippen molar-refractivity contribution in [2.24, 2.45) is 0 Å². The first-order valence-corrected chi connectivity index (χ1v) is 4.42. The van der Waals surface area contributed by atoms with Crippen LogP contribution in [0.5, 0.6) is 0 Å². The summed E-state index contributed by atoms with van der Waals surface area (Å²) in [5.74, 6) is 2.07. The minimum atomic E-state index is -0.180. The minimum Gasteiger partial charge on any atom is -0.347 e. The Bertz CT molecular complexity index is 338. The lowest BCUT2D eigenvalue weighted by Crippen LogP contribution is -2.20. The quantitative estimate of drug-likeness (QED) is 0.596. The van der Waals surface area contributed by atoms with Crippen LogP contribution in [0.15, 0.2) is 37.1 Å². The fourth-order valence-corrected chi connectivity index (χ4v) is 0.753. The van der Waals surface area contributed by atoms with E-state index in [1.165, 1.54) is 6.08 Å². The lowest BCUT2D eigenvalue weighted by molar-refractivity contribution is -0.116. The first-order chi connectivity index (χ1) is 7.24. The summed E-state index contributed by atoms with van der Waals surface area (Å²) in [7, 11) is 0. The number of pyridine rings is 1. The van der Waals surface area contributed by atoms with Gasteiger partial charge in [-0.2, -0.15) is 0 Å².